The summed E-state index contributed by atoms with van der Waals surface area (Å²) in [5, 5.41) is 22.2. The van der Waals surface area contributed by atoms with E-state index in [1.54, 1.807) is 0 Å². The van der Waals surface area contributed by atoms with Gasteiger partial charge in [0.2, 0.25) is 0 Å². The molecule has 0 aliphatic carbocycles. The molecule has 0 heterocycles. The molecular formula is C10H12BrNO3. The van der Waals surface area contributed by atoms with Crippen LogP contribution in [0, 0.1) is 0 Å². The van der Waals surface area contributed by atoms with Gasteiger partial charge in [-0.25, -0.2) is 0 Å². The van der Waals surface area contributed by atoms with Crippen LogP contribution in [-0.4, -0.2) is 28.0 Å². The van der Waals surface area contributed by atoms with Crippen molar-refractivity contribution in [2.24, 2.45) is 0 Å². The number of rotatable bonds is 4. The second-order valence-electron chi connectivity index (χ2n) is 2.97. The summed E-state index contributed by atoms with van der Waals surface area (Å²) >= 11 is 3.23. The Labute approximate surface area is 96.1 Å². The van der Waals surface area contributed by atoms with Crippen LogP contribution in [-0.2, 0) is 0 Å². The van der Waals surface area contributed by atoms with Gasteiger partial charge in [-0.3, -0.25) is 4.79 Å². The molecule has 1 rings (SSSR count). The summed E-state index contributed by atoms with van der Waals surface area (Å²) in [6, 6.07) is 4.19. The molecule has 1 aromatic rings. The fourth-order valence-electron chi connectivity index (χ4n) is 1.12. The summed E-state index contributed by atoms with van der Waals surface area (Å²) < 4.78 is 0. The molecule has 0 saturated heterocycles. The third-order valence-electron chi connectivity index (χ3n) is 1.84. The summed E-state index contributed by atoms with van der Waals surface area (Å²) in [6.45, 7) is 0.498. The molecule has 0 aliphatic rings. The summed E-state index contributed by atoms with van der Waals surface area (Å²) in [5.41, 5.74) is -0.0768. The van der Waals surface area contributed by atoms with Crippen molar-refractivity contribution >= 4 is 21.8 Å². The highest BCUT2D eigenvalue weighted by Gasteiger charge is 2.14. The molecule has 0 atom stereocenters. The van der Waals surface area contributed by atoms with Crippen LogP contribution >= 0.6 is 15.9 Å². The fraction of sp³-hybridized carbons (Fsp3) is 0.300. The molecule has 0 saturated carbocycles. The van der Waals surface area contributed by atoms with Crippen molar-refractivity contribution in [1.82, 2.24) is 5.32 Å². The molecule has 0 aliphatic heterocycles. The van der Waals surface area contributed by atoms with E-state index in [4.69, 9.17) is 0 Å². The highest BCUT2D eigenvalue weighted by molar-refractivity contribution is 9.09. The lowest BCUT2D eigenvalue weighted by Gasteiger charge is -2.07. The van der Waals surface area contributed by atoms with Gasteiger partial charge in [0.1, 0.15) is 17.1 Å². The zero-order valence-corrected chi connectivity index (χ0v) is 9.62. The molecule has 5 heteroatoms. The minimum atomic E-state index is -0.466. The molecule has 15 heavy (non-hydrogen) atoms. The SMILES string of the molecule is O=C(NCCCBr)c1c(O)cccc1O. The van der Waals surface area contributed by atoms with Crippen LogP contribution in [0.2, 0.25) is 0 Å². The minimum Gasteiger partial charge on any atom is -0.507 e. The molecule has 4 nitrogen and oxygen atoms in total. The van der Waals surface area contributed by atoms with E-state index in [0.29, 0.717) is 6.54 Å². The summed E-state index contributed by atoms with van der Waals surface area (Å²) in [4.78, 5) is 11.5. The maximum atomic E-state index is 11.5. The number of nitrogens with one attached hydrogen (secondary N) is 1. The molecule has 0 spiro atoms. The number of aromatic hydroxyl groups is 2. The number of phenolic OH excluding ortho intramolecular Hbond substituents is 2. The van der Waals surface area contributed by atoms with Crippen LogP contribution in [0.25, 0.3) is 0 Å². The monoisotopic (exact) mass is 273 g/mol. The lowest BCUT2D eigenvalue weighted by atomic mass is 10.1. The van der Waals surface area contributed by atoms with Crippen molar-refractivity contribution < 1.29 is 15.0 Å². The first kappa shape index (κ1) is 11.8. The third kappa shape index (κ3) is 3.13. The molecule has 1 amide bonds. The summed E-state index contributed by atoms with van der Waals surface area (Å²) in [6.07, 6.45) is 0.792. The van der Waals surface area contributed by atoms with Crippen molar-refractivity contribution in [1.29, 1.82) is 0 Å². The highest BCUT2D eigenvalue weighted by atomic mass is 79.9. The van der Waals surface area contributed by atoms with E-state index < -0.39 is 5.91 Å². The molecule has 0 bridgehead atoms. The van der Waals surface area contributed by atoms with Crippen molar-refractivity contribution in [2.75, 3.05) is 11.9 Å². The van der Waals surface area contributed by atoms with E-state index in [9.17, 15) is 15.0 Å². The maximum absolute atomic E-state index is 11.5. The number of carbonyl (C=O) groups excluding carboxylic acids is 1. The number of alkyl halides is 1. The minimum absolute atomic E-state index is 0.0768. The molecule has 3 N–H and O–H groups in total. The molecule has 0 aromatic heterocycles. The standard InChI is InChI=1S/C10H12BrNO3/c11-5-2-6-12-10(15)9-7(13)3-1-4-8(9)14/h1,3-4,13-14H,2,5-6H2,(H,12,15). The number of amides is 1. The Hall–Kier alpha value is -1.23. The average Bonchev–Trinajstić information content (AvgIpc) is 2.18. The van der Waals surface area contributed by atoms with Gasteiger partial charge in [-0.2, -0.15) is 0 Å². The highest BCUT2D eigenvalue weighted by Crippen LogP contribution is 2.25. The van der Waals surface area contributed by atoms with Crippen molar-refractivity contribution in [3.63, 3.8) is 0 Å². The van der Waals surface area contributed by atoms with Gasteiger partial charge in [0.25, 0.3) is 5.91 Å². The molecule has 82 valence electrons. The number of benzene rings is 1. The number of hydrogen-bond acceptors (Lipinski definition) is 3. The van der Waals surface area contributed by atoms with Crippen molar-refractivity contribution in [3.8, 4) is 11.5 Å². The van der Waals surface area contributed by atoms with E-state index in [0.717, 1.165) is 11.8 Å². The zero-order valence-electron chi connectivity index (χ0n) is 8.03. The number of carbonyl (C=O) groups is 1. The predicted octanol–water partition coefficient (Wildman–Crippen LogP) is 1.61. The van der Waals surface area contributed by atoms with E-state index in [2.05, 4.69) is 21.2 Å². The van der Waals surface area contributed by atoms with Gasteiger partial charge in [0.05, 0.1) is 0 Å². The van der Waals surface area contributed by atoms with Crippen LogP contribution in [0.5, 0.6) is 11.5 Å². The first-order chi connectivity index (χ1) is 7.16. The maximum Gasteiger partial charge on any atom is 0.258 e. The average molecular weight is 274 g/mol. The Kier molecular flexibility index (Phi) is 4.42. The Morgan fingerprint density at radius 2 is 1.93 bits per heavy atom. The second kappa shape index (κ2) is 5.60. The van der Waals surface area contributed by atoms with Crippen LogP contribution in [0.4, 0.5) is 0 Å². The number of phenols is 2. The van der Waals surface area contributed by atoms with Gasteiger partial charge in [0.15, 0.2) is 0 Å². The third-order valence-corrected chi connectivity index (χ3v) is 2.40. The van der Waals surface area contributed by atoms with Gasteiger partial charge in [-0.05, 0) is 18.6 Å². The molecular weight excluding hydrogens is 262 g/mol. The van der Waals surface area contributed by atoms with Gasteiger partial charge in [-0.1, -0.05) is 22.0 Å². The van der Waals surface area contributed by atoms with Crippen molar-refractivity contribution in [2.45, 2.75) is 6.42 Å². The molecule has 1 aromatic carbocycles. The lowest BCUT2D eigenvalue weighted by Crippen LogP contribution is -2.24. The first-order valence-corrected chi connectivity index (χ1v) is 5.64. The predicted molar refractivity (Wildman–Crippen MR) is 60.5 cm³/mol. The van der Waals surface area contributed by atoms with E-state index in [-0.39, 0.29) is 17.1 Å². The first-order valence-electron chi connectivity index (χ1n) is 4.52. The van der Waals surface area contributed by atoms with E-state index >= 15 is 0 Å². The zero-order chi connectivity index (χ0) is 11.3. The number of halogens is 1. The van der Waals surface area contributed by atoms with Crippen molar-refractivity contribution in [3.05, 3.63) is 23.8 Å². The van der Waals surface area contributed by atoms with Crippen LogP contribution in [0.3, 0.4) is 0 Å². The van der Waals surface area contributed by atoms with Gasteiger partial charge in [-0.15, -0.1) is 0 Å². The Bertz CT molecular complexity index is 334. The lowest BCUT2D eigenvalue weighted by molar-refractivity contribution is 0.0948. The van der Waals surface area contributed by atoms with Gasteiger partial charge < -0.3 is 15.5 Å². The molecule has 0 radical (unpaired) electrons. The Balaban J connectivity index is 2.73. The smallest absolute Gasteiger partial charge is 0.258 e. The second-order valence-corrected chi connectivity index (χ2v) is 3.76. The van der Waals surface area contributed by atoms with E-state index in [1.165, 1.54) is 18.2 Å². The topological polar surface area (TPSA) is 69.6 Å². The fourth-order valence-corrected chi connectivity index (χ4v) is 1.40. The number of hydrogen-bond donors (Lipinski definition) is 3. The van der Waals surface area contributed by atoms with Crippen LogP contribution in [0.15, 0.2) is 18.2 Å². The van der Waals surface area contributed by atoms with E-state index in [1.807, 2.05) is 0 Å². The van der Waals surface area contributed by atoms with Gasteiger partial charge >= 0.3 is 0 Å². The summed E-state index contributed by atoms with van der Waals surface area (Å²) in [5.74, 6) is -0.899. The van der Waals surface area contributed by atoms with Crippen LogP contribution < -0.4 is 5.32 Å². The van der Waals surface area contributed by atoms with Crippen LogP contribution in [0.1, 0.15) is 16.8 Å². The Morgan fingerprint density at radius 1 is 1.33 bits per heavy atom. The molecule has 0 unspecified atom stereocenters. The Morgan fingerprint density at radius 3 is 2.47 bits per heavy atom. The normalized spacial score (nSPS) is 9.93. The summed E-state index contributed by atoms with van der Waals surface area (Å²) in [7, 11) is 0. The van der Waals surface area contributed by atoms with Gasteiger partial charge in [0, 0.05) is 11.9 Å². The molecule has 0 fully saturated rings. The quantitative estimate of drug-likeness (QED) is 0.577. The largest absolute Gasteiger partial charge is 0.507 e.